The minimum Gasteiger partial charge on any atom is -0.314 e. The molecule has 1 atom stereocenters. The quantitative estimate of drug-likeness (QED) is 0.543. The van der Waals surface area contributed by atoms with Crippen LogP contribution in [0, 0.1) is 0 Å². The molecule has 0 aromatic rings. The summed E-state index contributed by atoms with van der Waals surface area (Å²) in [6.07, 6.45) is -4.12. The minimum absolute atomic E-state index is 0.394. The summed E-state index contributed by atoms with van der Waals surface area (Å²) < 4.78 is 34.9. The molecule has 1 saturated heterocycles. The lowest BCUT2D eigenvalue weighted by molar-refractivity contribution is -0.322. The highest BCUT2D eigenvalue weighted by atomic mass is 19.4. The predicted octanol–water partition coefficient (Wildman–Crippen LogP) is 0.776. The van der Waals surface area contributed by atoms with Crippen LogP contribution in [0.3, 0.4) is 0 Å². The highest BCUT2D eigenvalue weighted by Gasteiger charge is 2.42. The van der Waals surface area contributed by atoms with E-state index in [0.29, 0.717) is 13.0 Å². The summed E-state index contributed by atoms with van der Waals surface area (Å²) >= 11 is 0. The van der Waals surface area contributed by atoms with E-state index in [1.165, 1.54) is 0 Å². The molecular weight excluding hydrogens is 203 g/mol. The summed E-state index contributed by atoms with van der Waals surface area (Å²) in [4.78, 5) is 18.2. The summed E-state index contributed by atoms with van der Waals surface area (Å²) in [6.45, 7) is 1.19. The Morgan fingerprint density at radius 1 is 1.43 bits per heavy atom. The summed E-state index contributed by atoms with van der Waals surface area (Å²) in [7, 11) is 0. The van der Waals surface area contributed by atoms with Gasteiger partial charge in [0.15, 0.2) is 0 Å². The lowest BCUT2D eigenvalue weighted by atomic mass is 10.1. The lowest BCUT2D eigenvalue weighted by Gasteiger charge is -2.21. The fourth-order valence-electron chi connectivity index (χ4n) is 1.06. The van der Waals surface area contributed by atoms with Crippen molar-refractivity contribution >= 4 is 5.97 Å². The second-order valence-electron chi connectivity index (χ2n) is 2.93. The first-order chi connectivity index (χ1) is 6.50. The standard InChI is InChI=1S/C7H10F3NO3/c8-7(9,10)6(12)14-13-5-2-1-3-11-4-5/h5,11H,1-4H2. The van der Waals surface area contributed by atoms with E-state index in [-0.39, 0.29) is 0 Å². The van der Waals surface area contributed by atoms with Gasteiger partial charge in [0.2, 0.25) is 0 Å². The van der Waals surface area contributed by atoms with Crippen LogP contribution in [0.1, 0.15) is 12.8 Å². The van der Waals surface area contributed by atoms with Crippen molar-refractivity contribution in [3.63, 3.8) is 0 Å². The van der Waals surface area contributed by atoms with Gasteiger partial charge in [0.1, 0.15) is 6.10 Å². The number of carbonyl (C=O) groups is 1. The van der Waals surface area contributed by atoms with Crippen LogP contribution in [-0.4, -0.2) is 31.3 Å². The summed E-state index contributed by atoms with van der Waals surface area (Å²) in [5, 5.41) is 2.90. The highest BCUT2D eigenvalue weighted by Crippen LogP contribution is 2.17. The molecule has 1 heterocycles. The summed E-state index contributed by atoms with van der Waals surface area (Å²) in [6, 6.07) is 0. The average molecular weight is 213 g/mol. The van der Waals surface area contributed by atoms with Gasteiger partial charge < -0.3 is 5.32 Å². The van der Waals surface area contributed by atoms with Gasteiger partial charge in [-0.3, -0.25) is 4.89 Å². The molecule has 1 aliphatic rings. The van der Waals surface area contributed by atoms with Crippen LogP contribution in [0.2, 0.25) is 0 Å². The van der Waals surface area contributed by atoms with E-state index >= 15 is 0 Å². The van der Waals surface area contributed by atoms with Crippen LogP contribution in [0.5, 0.6) is 0 Å². The van der Waals surface area contributed by atoms with Gasteiger partial charge in [-0.05, 0) is 19.4 Å². The molecule has 1 aliphatic heterocycles. The molecule has 1 fully saturated rings. The third-order valence-corrected chi connectivity index (χ3v) is 1.74. The van der Waals surface area contributed by atoms with Gasteiger partial charge in [-0.15, -0.1) is 0 Å². The van der Waals surface area contributed by atoms with E-state index in [0.717, 1.165) is 13.0 Å². The Morgan fingerprint density at radius 3 is 2.64 bits per heavy atom. The van der Waals surface area contributed by atoms with Crippen molar-refractivity contribution in [1.29, 1.82) is 0 Å². The Hall–Kier alpha value is -0.820. The zero-order valence-electron chi connectivity index (χ0n) is 7.26. The van der Waals surface area contributed by atoms with Gasteiger partial charge in [-0.1, -0.05) is 0 Å². The van der Waals surface area contributed by atoms with Crippen LogP contribution in [0.25, 0.3) is 0 Å². The zero-order valence-corrected chi connectivity index (χ0v) is 7.26. The van der Waals surface area contributed by atoms with Crippen molar-refractivity contribution in [3.05, 3.63) is 0 Å². The molecule has 1 N–H and O–H groups in total. The van der Waals surface area contributed by atoms with E-state index in [4.69, 9.17) is 0 Å². The van der Waals surface area contributed by atoms with Gasteiger partial charge in [0, 0.05) is 6.54 Å². The number of piperidine rings is 1. The van der Waals surface area contributed by atoms with Gasteiger partial charge in [-0.2, -0.15) is 18.1 Å². The van der Waals surface area contributed by atoms with Gasteiger partial charge in [0.25, 0.3) is 0 Å². The lowest BCUT2D eigenvalue weighted by Crippen LogP contribution is -2.37. The smallest absolute Gasteiger partial charge is 0.314 e. The molecule has 0 spiro atoms. The summed E-state index contributed by atoms with van der Waals surface area (Å²) in [5.74, 6) is -2.32. The zero-order chi connectivity index (χ0) is 10.6. The van der Waals surface area contributed by atoms with Crippen molar-refractivity contribution in [3.8, 4) is 0 Å². The van der Waals surface area contributed by atoms with E-state index in [2.05, 4.69) is 15.1 Å². The first kappa shape index (κ1) is 11.3. The molecule has 1 unspecified atom stereocenters. The first-order valence-corrected chi connectivity index (χ1v) is 4.15. The van der Waals surface area contributed by atoms with Crippen molar-refractivity contribution in [2.24, 2.45) is 0 Å². The van der Waals surface area contributed by atoms with Crippen LogP contribution < -0.4 is 5.32 Å². The molecule has 1 rings (SSSR count). The number of alkyl halides is 3. The number of hydrogen-bond donors (Lipinski definition) is 1. The highest BCUT2D eigenvalue weighted by molar-refractivity contribution is 5.74. The first-order valence-electron chi connectivity index (χ1n) is 4.15. The van der Waals surface area contributed by atoms with Crippen LogP contribution in [0.4, 0.5) is 13.2 Å². The number of carbonyl (C=O) groups excluding carboxylic acids is 1. The summed E-state index contributed by atoms with van der Waals surface area (Å²) in [5.41, 5.74) is 0. The topological polar surface area (TPSA) is 47.6 Å². The fraction of sp³-hybridized carbons (Fsp3) is 0.857. The Kier molecular flexibility index (Phi) is 3.70. The van der Waals surface area contributed by atoms with E-state index < -0.39 is 18.2 Å². The minimum atomic E-state index is -5.00. The fourth-order valence-corrected chi connectivity index (χ4v) is 1.06. The second kappa shape index (κ2) is 4.61. The van der Waals surface area contributed by atoms with Crippen LogP contribution >= 0.6 is 0 Å². The molecule has 0 radical (unpaired) electrons. The molecule has 4 nitrogen and oxygen atoms in total. The Morgan fingerprint density at radius 2 is 2.14 bits per heavy atom. The molecular formula is C7H10F3NO3. The molecule has 0 amide bonds. The van der Waals surface area contributed by atoms with Crippen LogP contribution in [-0.2, 0) is 14.6 Å². The van der Waals surface area contributed by atoms with Crippen molar-refractivity contribution in [2.75, 3.05) is 13.1 Å². The monoisotopic (exact) mass is 213 g/mol. The maximum absolute atomic E-state index is 11.6. The number of hydrogen-bond acceptors (Lipinski definition) is 4. The molecule has 7 heteroatoms. The average Bonchev–Trinajstić information content (AvgIpc) is 2.14. The third-order valence-electron chi connectivity index (χ3n) is 1.74. The van der Waals surface area contributed by atoms with Crippen molar-refractivity contribution in [1.82, 2.24) is 5.32 Å². The van der Waals surface area contributed by atoms with Crippen LogP contribution in [0.15, 0.2) is 0 Å². The van der Waals surface area contributed by atoms with Crippen molar-refractivity contribution < 1.29 is 27.7 Å². The second-order valence-corrected chi connectivity index (χ2v) is 2.93. The van der Waals surface area contributed by atoms with Gasteiger partial charge in [-0.25, -0.2) is 4.79 Å². The van der Waals surface area contributed by atoms with E-state index in [9.17, 15) is 18.0 Å². The SMILES string of the molecule is O=C(OOC1CCCNC1)C(F)(F)F. The Bertz CT molecular complexity index is 201. The van der Waals surface area contributed by atoms with Gasteiger partial charge >= 0.3 is 12.1 Å². The Labute approximate surface area is 78.3 Å². The normalized spacial score (nSPS) is 23.2. The number of rotatable bonds is 2. The number of nitrogens with one attached hydrogen (secondary N) is 1. The Balaban J connectivity index is 2.22. The predicted molar refractivity (Wildman–Crippen MR) is 39.1 cm³/mol. The number of halogens is 3. The largest absolute Gasteiger partial charge is 0.494 e. The maximum atomic E-state index is 11.6. The van der Waals surface area contributed by atoms with Gasteiger partial charge in [0.05, 0.1) is 0 Å². The maximum Gasteiger partial charge on any atom is 0.494 e. The molecule has 0 aromatic heterocycles. The van der Waals surface area contributed by atoms with E-state index in [1.807, 2.05) is 0 Å². The third kappa shape index (κ3) is 3.51. The molecule has 0 bridgehead atoms. The molecule has 0 aliphatic carbocycles. The van der Waals surface area contributed by atoms with E-state index in [1.54, 1.807) is 0 Å². The molecule has 0 saturated carbocycles. The molecule has 14 heavy (non-hydrogen) atoms. The molecule has 82 valence electrons. The van der Waals surface area contributed by atoms with Crippen molar-refractivity contribution in [2.45, 2.75) is 25.1 Å². The molecule has 0 aromatic carbocycles.